The Bertz CT molecular complexity index is 903. The SMILES string of the molecule is CS(=O)(=O)OC[C@@H]1CC[C@@H](c2ccc(Cl)cc2Cl)N(c2ccc(Cl)cc2)C1. The first-order valence-corrected chi connectivity index (χ1v) is 11.5. The normalized spacial score (nSPS) is 20.7. The van der Waals surface area contributed by atoms with Crippen molar-refractivity contribution in [2.24, 2.45) is 5.92 Å². The van der Waals surface area contributed by atoms with E-state index in [4.69, 9.17) is 39.0 Å². The second-order valence-corrected chi connectivity index (χ2v) is 9.67. The number of nitrogens with zero attached hydrogens (tertiary/aromatic N) is 1. The summed E-state index contributed by atoms with van der Waals surface area (Å²) >= 11 is 18.5. The van der Waals surface area contributed by atoms with Crippen molar-refractivity contribution < 1.29 is 12.6 Å². The highest BCUT2D eigenvalue weighted by Crippen LogP contribution is 2.40. The van der Waals surface area contributed by atoms with Crippen LogP contribution in [0.1, 0.15) is 24.4 Å². The van der Waals surface area contributed by atoms with E-state index in [0.29, 0.717) is 21.6 Å². The summed E-state index contributed by atoms with van der Waals surface area (Å²) in [6.07, 6.45) is 2.73. The van der Waals surface area contributed by atoms with Gasteiger partial charge in [-0.3, -0.25) is 4.18 Å². The Morgan fingerprint density at radius 3 is 2.33 bits per heavy atom. The Hall–Kier alpha value is -0.980. The van der Waals surface area contributed by atoms with Crippen molar-refractivity contribution in [3.8, 4) is 0 Å². The Kier molecular flexibility index (Phi) is 6.59. The van der Waals surface area contributed by atoms with Gasteiger partial charge in [-0.2, -0.15) is 8.42 Å². The lowest BCUT2D eigenvalue weighted by Gasteiger charge is -2.41. The van der Waals surface area contributed by atoms with Crippen LogP contribution in [0.2, 0.25) is 15.1 Å². The van der Waals surface area contributed by atoms with E-state index in [1.54, 1.807) is 6.07 Å². The Morgan fingerprint density at radius 1 is 1.04 bits per heavy atom. The second kappa shape index (κ2) is 8.58. The van der Waals surface area contributed by atoms with E-state index >= 15 is 0 Å². The largest absolute Gasteiger partial charge is 0.364 e. The van der Waals surface area contributed by atoms with Crippen LogP contribution in [0.3, 0.4) is 0 Å². The summed E-state index contributed by atoms with van der Waals surface area (Å²) in [6.45, 7) is 0.824. The quantitative estimate of drug-likeness (QED) is 0.560. The van der Waals surface area contributed by atoms with Gasteiger partial charge in [-0.1, -0.05) is 40.9 Å². The van der Waals surface area contributed by atoms with Crippen LogP contribution < -0.4 is 4.90 Å². The number of rotatable bonds is 5. The van der Waals surface area contributed by atoms with E-state index < -0.39 is 10.1 Å². The predicted octanol–water partition coefficient (Wildman–Crippen LogP) is 5.58. The van der Waals surface area contributed by atoms with Crippen LogP contribution in [-0.4, -0.2) is 27.8 Å². The van der Waals surface area contributed by atoms with Crippen molar-refractivity contribution in [2.75, 3.05) is 24.3 Å². The average Bonchev–Trinajstić information content (AvgIpc) is 2.60. The van der Waals surface area contributed by atoms with Crippen molar-refractivity contribution in [3.05, 3.63) is 63.1 Å². The monoisotopic (exact) mass is 447 g/mol. The molecule has 146 valence electrons. The molecule has 0 radical (unpaired) electrons. The van der Waals surface area contributed by atoms with Crippen LogP contribution in [0.15, 0.2) is 42.5 Å². The Morgan fingerprint density at radius 2 is 1.70 bits per heavy atom. The fourth-order valence-corrected chi connectivity index (χ4v) is 4.52. The minimum absolute atomic E-state index is 0.0606. The lowest BCUT2D eigenvalue weighted by Crippen LogP contribution is -2.40. The zero-order chi connectivity index (χ0) is 19.6. The maximum atomic E-state index is 11.3. The number of halogens is 3. The molecule has 0 saturated carbocycles. The number of hydrogen-bond acceptors (Lipinski definition) is 4. The molecule has 0 amide bonds. The maximum absolute atomic E-state index is 11.3. The van der Waals surface area contributed by atoms with Crippen LogP contribution in [-0.2, 0) is 14.3 Å². The Balaban J connectivity index is 1.89. The van der Waals surface area contributed by atoms with E-state index in [9.17, 15) is 8.42 Å². The molecule has 0 N–H and O–H groups in total. The molecule has 0 spiro atoms. The molecule has 8 heteroatoms. The lowest BCUT2D eigenvalue weighted by molar-refractivity contribution is 0.223. The van der Waals surface area contributed by atoms with Gasteiger partial charge in [0.25, 0.3) is 10.1 Å². The molecule has 1 saturated heterocycles. The van der Waals surface area contributed by atoms with Crippen LogP contribution in [0, 0.1) is 5.92 Å². The third-order valence-corrected chi connectivity index (χ3v) is 6.06. The minimum atomic E-state index is -3.46. The summed E-state index contributed by atoms with van der Waals surface area (Å²) in [5.41, 5.74) is 2.00. The van der Waals surface area contributed by atoms with Crippen LogP contribution in [0.4, 0.5) is 5.69 Å². The van der Waals surface area contributed by atoms with Gasteiger partial charge in [-0.25, -0.2) is 0 Å². The van der Waals surface area contributed by atoms with Crippen LogP contribution in [0.25, 0.3) is 0 Å². The van der Waals surface area contributed by atoms with Gasteiger partial charge in [0, 0.05) is 33.2 Å². The van der Waals surface area contributed by atoms with Gasteiger partial charge in [-0.15, -0.1) is 0 Å². The predicted molar refractivity (Wildman–Crippen MR) is 112 cm³/mol. The molecule has 1 heterocycles. The van der Waals surface area contributed by atoms with Crippen molar-refractivity contribution >= 4 is 50.6 Å². The van der Waals surface area contributed by atoms with Gasteiger partial charge >= 0.3 is 0 Å². The first kappa shape index (κ1) is 20.7. The van der Waals surface area contributed by atoms with Crippen molar-refractivity contribution in [1.29, 1.82) is 0 Å². The standard InChI is InChI=1S/C19H20Cl3NO3S/c1-27(24,25)26-12-13-2-9-19(17-8-5-15(21)10-18(17)22)23(11-13)16-6-3-14(20)4-7-16/h3-8,10,13,19H,2,9,11-12H2,1H3/t13-,19+/m1/s1. The topological polar surface area (TPSA) is 46.6 Å². The molecule has 4 nitrogen and oxygen atoms in total. The van der Waals surface area contributed by atoms with Gasteiger partial charge in [0.2, 0.25) is 0 Å². The summed E-state index contributed by atoms with van der Waals surface area (Å²) in [5.74, 6) is 0.0951. The molecule has 2 aromatic carbocycles. The molecule has 0 aliphatic carbocycles. The number of anilines is 1. The lowest BCUT2D eigenvalue weighted by atomic mass is 9.89. The molecule has 2 aromatic rings. The van der Waals surface area contributed by atoms with Gasteiger partial charge < -0.3 is 4.90 Å². The molecular formula is C19H20Cl3NO3S. The average molecular weight is 449 g/mol. The summed E-state index contributed by atoms with van der Waals surface area (Å²) in [7, 11) is -3.46. The highest BCUT2D eigenvalue weighted by molar-refractivity contribution is 7.85. The molecule has 0 bridgehead atoms. The van der Waals surface area contributed by atoms with Crippen LogP contribution >= 0.6 is 34.8 Å². The van der Waals surface area contributed by atoms with E-state index in [1.165, 1.54) is 0 Å². The third kappa shape index (κ3) is 5.52. The highest BCUT2D eigenvalue weighted by atomic mass is 35.5. The fraction of sp³-hybridized carbons (Fsp3) is 0.368. The summed E-state index contributed by atoms with van der Waals surface area (Å²) in [5, 5.41) is 1.88. The number of hydrogen-bond donors (Lipinski definition) is 0. The zero-order valence-corrected chi connectivity index (χ0v) is 17.8. The minimum Gasteiger partial charge on any atom is -0.364 e. The molecular weight excluding hydrogens is 429 g/mol. The molecule has 2 atom stereocenters. The van der Waals surface area contributed by atoms with E-state index in [0.717, 1.165) is 30.3 Å². The van der Waals surface area contributed by atoms with Gasteiger partial charge in [0.15, 0.2) is 0 Å². The molecule has 1 aliphatic heterocycles. The van der Waals surface area contributed by atoms with Gasteiger partial charge in [-0.05, 0) is 54.8 Å². The van der Waals surface area contributed by atoms with E-state index in [2.05, 4.69) is 4.90 Å². The summed E-state index contributed by atoms with van der Waals surface area (Å²) in [6, 6.07) is 13.2. The Labute approximate surface area is 175 Å². The highest BCUT2D eigenvalue weighted by Gasteiger charge is 2.31. The molecule has 0 aromatic heterocycles. The van der Waals surface area contributed by atoms with Crippen molar-refractivity contribution in [3.63, 3.8) is 0 Å². The maximum Gasteiger partial charge on any atom is 0.264 e. The molecule has 27 heavy (non-hydrogen) atoms. The van der Waals surface area contributed by atoms with Crippen LogP contribution in [0.5, 0.6) is 0 Å². The molecule has 0 unspecified atom stereocenters. The smallest absolute Gasteiger partial charge is 0.264 e. The van der Waals surface area contributed by atoms with Gasteiger partial charge in [0.05, 0.1) is 18.9 Å². The first-order valence-electron chi connectivity index (χ1n) is 8.54. The fourth-order valence-electron chi connectivity index (χ4n) is 3.42. The number of piperidine rings is 1. The second-order valence-electron chi connectivity index (χ2n) is 6.74. The first-order chi connectivity index (χ1) is 12.7. The number of benzene rings is 2. The van der Waals surface area contributed by atoms with Gasteiger partial charge in [0.1, 0.15) is 0 Å². The van der Waals surface area contributed by atoms with Crippen molar-refractivity contribution in [1.82, 2.24) is 0 Å². The van der Waals surface area contributed by atoms with E-state index in [1.807, 2.05) is 36.4 Å². The summed E-state index contributed by atoms with van der Waals surface area (Å²) in [4.78, 5) is 2.23. The third-order valence-electron chi connectivity index (χ3n) is 4.68. The summed E-state index contributed by atoms with van der Waals surface area (Å²) < 4.78 is 27.7. The molecule has 1 aliphatic rings. The molecule has 3 rings (SSSR count). The molecule has 1 fully saturated rings. The van der Waals surface area contributed by atoms with Crippen molar-refractivity contribution in [2.45, 2.75) is 18.9 Å². The van der Waals surface area contributed by atoms with E-state index in [-0.39, 0.29) is 18.6 Å². The zero-order valence-electron chi connectivity index (χ0n) is 14.7.